The van der Waals surface area contributed by atoms with Crippen molar-refractivity contribution in [2.75, 3.05) is 0 Å². The maximum Gasteiger partial charge on any atom is 0.328 e. The first-order chi connectivity index (χ1) is 5.49. The van der Waals surface area contributed by atoms with Crippen molar-refractivity contribution < 1.29 is 19.8 Å². The predicted octanol–water partition coefficient (Wildman–Crippen LogP) is -0.877. The molecule has 0 aromatic rings. The molecule has 0 heterocycles. The van der Waals surface area contributed by atoms with Gasteiger partial charge in [-0.15, -0.1) is 0 Å². The summed E-state index contributed by atoms with van der Waals surface area (Å²) >= 11 is 0. The molecule has 5 nitrogen and oxygen atoms in total. The standard InChI is InChI=1S/C7H11NO4/c1-3-5(10)8-6(4(2)9)7(11)12/h3-4,6,9H,1H2,2H3,(H,8,10)(H,11,12)/t4?,6-/m0/s1. The minimum Gasteiger partial charge on any atom is -0.480 e. The number of hydrogen-bond donors (Lipinski definition) is 3. The monoisotopic (exact) mass is 173 g/mol. The quantitative estimate of drug-likeness (QED) is 0.482. The van der Waals surface area contributed by atoms with Crippen LogP contribution in [-0.2, 0) is 9.59 Å². The Morgan fingerprint density at radius 1 is 1.58 bits per heavy atom. The zero-order chi connectivity index (χ0) is 9.72. The van der Waals surface area contributed by atoms with Gasteiger partial charge in [-0.25, -0.2) is 4.79 Å². The van der Waals surface area contributed by atoms with Gasteiger partial charge in [0.15, 0.2) is 6.04 Å². The molecule has 3 N–H and O–H groups in total. The van der Waals surface area contributed by atoms with Crippen molar-refractivity contribution in [1.82, 2.24) is 5.32 Å². The van der Waals surface area contributed by atoms with E-state index in [9.17, 15) is 9.59 Å². The van der Waals surface area contributed by atoms with Crippen molar-refractivity contribution in [2.24, 2.45) is 0 Å². The minimum absolute atomic E-state index is 0.622. The molecule has 0 aliphatic rings. The van der Waals surface area contributed by atoms with Crippen molar-refractivity contribution in [1.29, 1.82) is 0 Å². The van der Waals surface area contributed by atoms with E-state index in [1.165, 1.54) is 6.92 Å². The molecule has 0 radical (unpaired) electrons. The van der Waals surface area contributed by atoms with Crippen LogP contribution >= 0.6 is 0 Å². The van der Waals surface area contributed by atoms with Crippen LogP contribution in [0.15, 0.2) is 12.7 Å². The molecule has 68 valence electrons. The second kappa shape index (κ2) is 4.50. The maximum atomic E-state index is 10.6. The molecule has 1 unspecified atom stereocenters. The van der Waals surface area contributed by atoms with Gasteiger partial charge in [-0.05, 0) is 13.0 Å². The van der Waals surface area contributed by atoms with Crippen LogP contribution in [0.25, 0.3) is 0 Å². The van der Waals surface area contributed by atoms with E-state index in [0.717, 1.165) is 6.08 Å². The third-order valence-electron chi connectivity index (χ3n) is 1.23. The largest absolute Gasteiger partial charge is 0.480 e. The summed E-state index contributed by atoms with van der Waals surface area (Å²) in [5.74, 6) is -1.90. The molecule has 0 spiro atoms. The predicted molar refractivity (Wildman–Crippen MR) is 41.4 cm³/mol. The van der Waals surface area contributed by atoms with Gasteiger partial charge < -0.3 is 15.5 Å². The van der Waals surface area contributed by atoms with Gasteiger partial charge in [0.25, 0.3) is 0 Å². The van der Waals surface area contributed by atoms with Gasteiger partial charge in [-0.2, -0.15) is 0 Å². The highest BCUT2D eigenvalue weighted by atomic mass is 16.4. The topological polar surface area (TPSA) is 86.6 Å². The molecule has 2 atom stereocenters. The molecule has 0 aromatic heterocycles. The van der Waals surface area contributed by atoms with Gasteiger partial charge >= 0.3 is 5.97 Å². The van der Waals surface area contributed by atoms with Crippen LogP contribution in [0.3, 0.4) is 0 Å². The van der Waals surface area contributed by atoms with Gasteiger partial charge in [0.05, 0.1) is 6.10 Å². The number of amides is 1. The zero-order valence-corrected chi connectivity index (χ0v) is 6.65. The normalized spacial score (nSPS) is 14.5. The summed E-state index contributed by atoms with van der Waals surface area (Å²) in [7, 11) is 0. The molecule has 5 heteroatoms. The van der Waals surface area contributed by atoms with Crippen LogP contribution in [0.4, 0.5) is 0 Å². The summed E-state index contributed by atoms with van der Waals surface area (Å²) in [6, 6.07) is -1.28. The number of aliphatic hydroxyl groups is 1. The van der Waals surface area contributed by atoms with Crippen molar-refractivity contribution >= 4 is 11.9 Å². The average Bonchev–Trinajstić information content (AvgIpc) is 1.98. The molecule has 1 amide bonds. The first-order valence-corrected chi connectivity index (χ1v) is 3.33. The van der Waals surface area contributed by atoms with Gasteiger partial charge in [-0.3, -0.25) is 4.79 Å². The molecular weight excluding hydrogens is 162 g/mol. The van der Waals surface area contributed by atoms with Crippen LogP contribution < -0.4 is 5.32 Å². The number of carboxylic acids is 1. The summed E-state index contributed by atoms with van der Waals surface area (Å²) in [6.07, 6.45) is -0.190. The molecule has 0 aliphatic heterocycles. The molecular formula is C7H11NO4. The van der Waals surface area contributed by atoms with E-state index in [1.54, 1.807) is 0 Å². The van der Waals surface area contributed by atoms with Crippen molar-refractivity contribution in [3.63, 3.8) is 0 Å². The molecule has 0 aliphatic carbocycles. The Bertz CT molecular complexity index is 200. The second-order valence-electron chi connectivity index (χ2n) is 2.27. The Hall–Kier alpha value is -1.36. The van der Waals surface area contributed by atoms with E-state index in [2.05, 4.69) is 11.9 Å². The van der Waals surface area contributed by atoms with Crippen LogP contribution in [0.5, 0.6) is 0 Å². The maximum absolute atomic E-state index is 10.6. The molecule has 0 rings (SSSR count). The number of nitrogens with one attached hydrogen (secondary N) is 1. The van der Waals surface area contributed by atoms with Crippen molar-refractivity contribution in [3.8, 4) is 0 Å². The SMILES string of the molecule is C=CC(=O)N[C@H](C(=O)O)C(C)O. The van der Waals surface area contributed by atoms with E-state index in [1.807, 2.05) is 0 Å². The highest BCUT2D eigenvalue weighted by Gasteiger charge is 2.23. The van der Waals surface area contributed by atoms with Gasteiger partial charge in [-0.1, -0.05) is 6.58 Å². The lowest BCUT2D eigenvalue weighted by Gasteiger charge is -2.15. The minimum atomic E-state index is -1.28. The lowest BCUT2D eigenvalue weighted by molar-refractivity contribution is -0.144. The van der Waals surface area contributed by atoms with Crippen molar-refractivity contribution in [2.45, 2.75) is 19.1 Å². The highest BCUT2D eigenvalue weighted by Crippen LogP contribution is 1.92. The van der Waals surface area contributed by atoms with Crippen molar-refractivity contribution in [3.05, 3.63) is 12.7 Å². The first kappa shape index (κ1) is 10.6. The highest BCUT2D eigenvalue weighted by molar-refractivity contribution is 5.90. The lowest BCUT2D eigenvalue weighted by atomic mass is 10.2. The van der Waals surface area contributed by atoms with E-state index in [-0.39, 0.29) is 0 Å². The Kier molecular flexibility index (Phi) is 3.99. The fraction of sp³-hybridized carbons (Fsp3) is 0.429. The number of rotatable bonds is 4. The van der Waals surface area contributed by atoms with Crippen LogP contribution in [0.1, 0.15) is 6.92 Å². The van der Waals surface area contributed by atoms with Gasteiger partial charge in [0.1, 0.15) is 0 Å². The molecule has 0 bridgehead atoms. The number of carbonyl (C=O) groups is 2. The summed E-state index contributed by atoms with van der Waals surface area (Å²) in [4.78, 5) is 21.0. The zero-order valence-electron chi connectivity index (χ0n) is 6.65. The Morgan fingerprint density at radius 3 is 2.33 bits per heavy atom. The second-order valence-corrected chi connectivity index (χ2v) is 2.27. The molecule has 0 saturated carbocycles. The summed E-state index contributed by atoms with van der Waals surface area (Å²) < 4.78 is 0. The Morgan fingerprint density at radius 2 is 2.08 bits per heavy atom. The molecule has 0 aromatic carbocycles. The number of carboxylic acid groups (broad SMARTS) is 1. The summed E-state index contributed by atoms with van der Waals surface area (Å²) in [5.41, 5.74) is 0. The summed E-state index contributed by atoms with van der Waals surface area (Å²) in [5, 5.41) is 19.4. The average molecular weight is 173 g/mol. The third-order valence-corrected chi connectivity index (χ3v) is 1.23. The summed E-state index contributed by atoms with van der Waals surface area (Å²) in [6.45, 7) is 4.43. The van der Waals surface area contributed by atoms with E-state index < -0.39 is 24.0 Å². The van der Waals surface area contributed by atoms with Crippen LogP contribution in [0, 0.1) is 0 Å². The fourth-order valence-electron chi connectivity index (χ4n) is 0.601. The van der Waals surface area contributed by atoms with Gasteiger partial charge in [0, 0.05) is 0 Å². The number of aliphatic hydroxyl groups excluding tert-OH is 1. The van der Waals surface area contributed by atoms with E-state index in [0.29, 0.717) is 0 Å². The van der Waals surface area contributed by atoms with Crippen LogP contribution in [0.2, 0.25) is 0 Å². The molecule has 0 saturated heterocycles. The molecule has 0 fully saturated rings. The lowest BCUT2D eigenvalue weighted by Crippen LogP contribution is -2.47. The third kappa shape index (κ3) is 3.16. The molecule has 12 heavy (non-hydrogen) atoms. The Balaban J connectivity index is 4.23. The Labute approximate surface area is 69.7 Å². The van der Waals surface area contributed by atoms with E-state index in [4.69, 9.17) is 10.2 Å². The van der Waals surface area contributed by atoms with E-state index >= 15 is 0 Å². The first-order valence-electron chi connectivity index (χ1n) is 3.33. The van der Waals surface area contributed by atoms with Crippen LogP contribution in [-0.4, -0.2) is 34.2 Å². The fourth-order valence-corrected chi connectivity index (χ4v) is 0.601. The number of aliphatic carboxylic acids is 1. The number of hydrogen-bond acceptors (Lipinski definition) is 3. The number of carbonyl (C=O) groups excluding carboxylic acids is 1. The smallest absolute Gasteiger partial charge is 0.328 e. The van der Waals surface area contributed by atoms with Gasteiger partial charge in [0.2, 0.25) is 5.91 Å².